The van der Waals surface area contributed by atoms with Gasteiger partial charge in [0.2, 0.25) is 0 Å². The van der Waals surface area contributed by atoms with E-state index in [1.807, 2.05) is 0 Å². The molecule has 4 rings (SSSR count). The zero-order valence-corrected chi connectivity index (χ0v) is 20.0. The molecule has 1 aromatic carbocycles. The highest BCUT2D eigenvalue weighted by molar-refractivity contribution is 9.10. The van der Waals surface area contributed by atoms with Crippen LogP contribution in [0.5, 0.6) is 11.5 Å². The van der Waals surface area contributed by atoms with Crippen LogP contribution in [0.3, 0.4) is 0 Å². The number of ether oxygens (including phenoxy) is 2. The average molecular weight is 562 g/mol. The van der Waals surface area contributed by atoms with Crippen LogP contribution in [0.4, 0.5) is 18.9 Å². The van der Waals surface area contributed by atoms with E-state index in [0.29, 0.717) is 9.39 Å². The normalized spacial score (nSPS) is 11.6. The first-order chi connectivity index (χ1) is 15.6. The van der Waals surface area contributed by atoms with Gasteiger partial charge in [-0.1, -0.05) is 17.7 Å². The van der Waals surface area contributed by atoms with Crippen LogP contribution >= 0.6 is 38.9 Å². The van der Waals surface area contributed by atoms with Gasteiger partial charge < -0.3 is 14.8 Å². The largest absolute Gasteiger partial charge is 0.495 e. The van der Waals surface area contributed by atoms with E-state index < -0.39 is 17.8 Å². The number of rotatable bonds is 5. The smallest absolute Gasteiger partial charge is 0.433 e. The van der Waals surface area contributed by atoms with Gasteiger partial charge in [0, 0.05) is 12.1 Å². The van der Waals surface area contributed by atoms with Crippen LogP contribution < -0.4 is 14.8 Å². The van der Waals surface area contributed by atoms with E-state index in [1.165, 1.54) is 37.7 Å². The summed E-state index contributed by atoms with van der Waals surface area (Å²) in [6, 6.07) is 7.12. The molecule has 33 heavy (non-hydrogen) atoms. The first kappa shape index (κ1) is 23.3. The van der Waals surface area contributed by atoms with Crippen molar-refractivity contribution in [2.24, 2.45) is 0 Å². The Hall–Kier alpha value is -2.83. The van der Waals surface area contributed by atoms with E-state index in [1.54, 1.807) is 17.5 Å². The van der Waals surface area contributed by atoms with Crippen LogP contribution in [0.25, 0.3) is 16.2 Å². The monoisotopic (exact) mass is 560 g/mol. The number of aromatic nitrogens is 3. The van der Waals surface area contributed by atoms with Crippen molar-refractivity contribution in [3.8, 4) is 22.1 Å². The van der Waals surface area contributed by atoms with Gasteiger partial charge in [-0.2, -0.15) is 18.3 Å². The van der Waals surface area contributed by atoms with E-state index in [2.05, 4.69) is 31.3 Å². The summed E-state index contributed by atoms with van der Waals surface area (Å²) in [5.41, 5.74) is -1.22. The van der Waals surface area contributed by atoms with Gasteiger partial charge in [0.25, 0.3) is 5.91 Å². The number of carbonyl (C=O) groups is 1. The van der Waals surface area contributed by atoms with Crippen LogP contribution in [0.15, 0.2) is 40.2 Å². The number of thiophene rings is 1. The molecule has 0 fully saturated rings. The lowest BCUT2D eigenvalue weighted by molar-refractivity contribution is -0.142. The number of anilines is 1. The minimum absolute atomic E-state index is 0.00352. The molecule has 172 valence electrons. The topological polar surface area (TPSA) is 77.8 Å². The number of nitrogens with one attached hydrogen (secondary N) is 1. The Bertz CT molecular complexity index is 1360. The van der Waals surface area contributed by atoms with Gasteiger partial charge in [0.15, 0.2) is 17.0 Å². The molecule has 7 nitrogen and oxygen atoms in total. The first-order valence-corrected chi connectivity index (χ1v) is 11.1. The summed E-state index contributed by atoms with van der Waals surface area (Å²) in [4.78, 5) is 17.8. The number of fused-ring (bicyclic) bond motifs is 1. The van der Waals surface area contributed by atoms with Crippen molar-refractivity contribution in [1.82, 2.24) is 14.6 Å². The van der Waals surface area contributed by atoms with Gasteiger partial charge in [-0.25, -0.2) is 9.50 Å². The predicted molar refractivity (Wildman–Crippen MR) is 122 cm³/mol. The molecule has 0 bridgehead atoms. The van der Waals surface area contributed by atoms with Gasteiger partial charge >= 0.3 is 6.18 Å². The van der Waals surface area contributed by atoms with Crippen molar-refractivity contribution in [2.45, 2.75) is 6.18 Å². The number of hydrogen-bond donors (Lipinski definition) is 1. The quantitative estimate of drug-likeness (QED) is 0.316. The number of alkyl halides is 3. The second kappa shape index (κ2) is 8.84. The summed E-state index contributed by atoms with van der Waals surface area (Å²) in [7, 11) is 2.77. The maximum Gasteiger partial charge on any atom is 0.433 e. The Morgan fingerprint density at radius 2 is 1.94 bits per heavy atom. The Kier molecular flexibility index (Phi) is 6.25. The molecule has 0 atom stereocenters. The van der Waals surface area contributed by atoms with E-state index in [-0.39, 0.29) is 43.7 Å². The third-order valence-electron chi connectivity index (χ3n) is 4.53. The van der Waals surface area contributed by atoms with Crippen LogP contribution in [0.1, 0.15) is 16.2 Å². The molecule has 0 radical (unpaired) electrons. The van der Waals surface area contributed by atoms with Crippen molar-refractivity contribution in [1.29, 1.82) is 0 Å². The zero-order valence-electron chi connectivity index (χ0n) is 16.8. The molecule has 13 heteroatoms. The summed E-state index contributed by atoms with van der Waals surface area (Å²) in [6.07, 6.45) is -4.74. The van der Waals surface area contributed by atoms with Gasteiger partial charge in [0.05, 0.1) is 40.0 Å². The molecule has 0 aliphatic carbocycles. The summed E-state index contributed by atoms with van der Waals surface area (Å²) in [6.45, 7) is 0. The maximum absolute atomic E-state index is 13.8. The van der Waals surface area contributed by atoms with Gasteiger partial charge in [-0.05, 0) is 33.4 Å². The van der Waals surface area contributed by atoms with Crippen molar-refractivity contribution >= 4 is 56.1 Å². The first-order valence-electron chi connectivity index (χ1n) is 9.07. The Labute approximate surface area is 202 Å². The summed E-state index contributed by atoms with van der Waals surface area (Å²) in [5.74, 6) is -0.299. The van der Waals surface area contributed by atoms with E-state index in [0.717, 1.165) is 6.07 Å². The zero-order chi connectivity index (χ0) is 23.9. The molecule has 4 aromatic rings. The summed E-state index contributed by atoms with van der Waals surface area (Å²) in [5, 5.41) is 8.44. The van der Waals surface area contributed by atoms with Gasteiger partial charge in [-0.15, -0.1) is 11.3 Å². The van der Waals surface area contributed by atoms with Gasteiger partial charge in [-0.3, -0.25) is 4.79 Å². The van der Waals surface area contributed by atoms with E-state index in [9.17, 15) is 18.0 Å². The SMILES string of the molecule is COc1cc(NC(=O)c2nn3c(C(F)(F)F)cc(-c4cccs4)nc3c2Br)c(OC)cc1Cl. The lowest BCUT2D eigenvalue weighted by Crippen LogP contribution is -2.16. The highest BCUT2D eigenvalue weighted by Gasteiger charge is 2.36. The van der Waals surface area contributed by atoms with E-state index >= 15 is 0 Å². The Balaban J connectivity index is 1.82. The minimum Gasteiger partial charge on any atom is -0.495 e. The third kappa shape index (κ3) is 4.37. The standard InChI is InChI=1S/C20H13BrClF3N4O3S/c1-31-12-7-10(13(32-2)6-9(12)22)27-19(30)17-16(21)18-26-11(14-4-3-5-33-14)8-15(20(23,24)25)29(18)28-17/h3-8H,1-2H3,(H,27,30). The number of halogens is 5. The lowest BCUT2D eigenvalue weighted by atomic mass is 10.2. The highest BCUT2D eigenvalue weighted by Crippen LogP contribution is 2.38. The predicted octanol–water partition coefficient (Wildman–Crippen LogP) is 6.16. The fourth-order valence-corrected chi connectivity index (χ4v) is 4.46. The average Bonchev–Trinajstić information content (AvgIpc) is 3.42. The molecule has 0 saturated heterocycles. The minimum atomic E-state index is -4.74. The molecule has 0 saturated carbocycles. The molecule has 1 amide bonds. The van der Waals surface area contributed by atoms with Crippen LogP contribution in [0.2, 0.25) is 5.02 Å². The molecule has 0 unspecified atom stereocenters. The Morgan fingerprint density at radius 1 is 1.21 bits per heavy atom. The van der Waals surface area contributed by atoms with Gasteiger partial charge in [0.1, 0.15) is 11.5 Å². The third-order valence-corrected chi connectivity index (χ3v) is 6.45. The Morgan fingerprint density at radius 3 is 2.55 bits per heavy atom. The summed E-state index contributed by atoms with van der Waals surface area (Å²) < 4.78 is 52.4. The molecular weight excluding hydrogens is 549 g/mol. The maximum atomic E-state index is 13.8. The molecular formula is C20H13BrClF3N4O3S. The van der Waals surface area contributed by atoms with Crippen molar-refractivity contribution in [2.75, 3.05) is 19.5 Å². The van der Waals surface area contributed by atoms with Crippen LogP contribution in [0, 0.1) is 0 Å². The molecule has 0 spiro atoms. The second-order valence-electron chi connectivity index (χ2n) is 6.54. The molecule has 1 N–H and O–H groups in total. The number of hydrogen-bond acceptors (Lipinski definition) is 6. The molecule has 0 aliphatic rings. The number of methoxy groups -OCH3 is 2. The fourth-order valence-electron chi connectivity index (χ4n) is 3.03. The molecule has 3 heterocycles. The lowest BCUT2D eigenvalue weighted by Gasteiger charge is -2.12. The number of nitrogens with zero attached hydrogens (tertiary/aromatic N) is 3. The fraction of sp³-hybridized carbons (Fsp3) is 0.150. The highest BCUT2D eigenvalue weighted by atomic mass is 79.9. The number of carbonyl (C=O) groups excluding carboxylic acids is 1. The summed E-state index contributed by atoms with van der Waals surface area (Å²) >= 11 is 10.5. The second-order valence-corrected chi connectivity index (χ2v) is 8.69. The van der Waals surface area contributed by atoms with Crippen molar-refractivity contribution in [3.05, 3.63) is 56.6 Å². The number of amides is 1. The van der Waals surface area contributed by atoms with Crippen molar-refractivity contribution < 1.29 is 27.4 Å². The van der Waals surface area contributed by atoms with Crippen LogP contribution in [-0.2, 0) is 6.18 Å². The number of benzene rings is 1. The van der Waals surface area contributed by atoms with Crippen LogP contribution in [-0.4, -0.2) is 34.7 Å². The van der Waals surface area contributed by atoms with Crippen molar-refractivity contribution in [3.63, 3.8) is 0 Å². The molecule has 3 aromatic heterocycles. The molecule has 0 aliphatic heterocycles. The van der Waals surface area contributed by atoms with E-state index in [4.69, 9.17) is 21.1 Å².